The van der Waals surface area contributed by atoms with E-state index in [-0.39, 0.29) is 12.4 Å². The first-order valence-electron chi connectivity index (χ1n) is 7.34. The lowest BCUT2D eigenvalue weighted by Crippen LogP contribution is -3.00. The van der Waals surface area contributed by atoms with Crippen molar-refractivity contribution in [1.29, 1.82) is 0 Å². The quantitative estimate of drug-likeness (QED) is 0.511. The monoisotopic (exact) mass is 324 g/mol. The van der Waals surface area contributed by atoms with Crippen molar-refractivity contribution >= 4 is 22.7 Å². The molecule has 0 atom stereocenters. The fourth-order valence-electron chi connectivity index (χ4n) is 3.06. The minimum Gasteiger partial charge on any atom is -1.00 e. The van der Waals surface area contributed by atoms with Crippen LogP contribution in [0.1, 0.15) is 5.56 Å². The summed E-state index contributed by atoms with van der Waals surface area (Å²) in [6, 6.07) is 16.5. The molecule has 4 nitrogen and oxygen atoms in total. The lowest BCUT2D eigenvalue weighted by Gasteiger charge is -1.96. The zero-order chi connectivity index (χ0) is 15.3. The molecule has 2 heterocycles. The van der Waals surface area contributed by atoms with Gasteiger partial charge in [-0.1, -0.05) is 35.3 Å². The molecule has 0 amide bonds. The summed E-state index contributed by atoms with van der Waals surface area (Å²) in [5, 5.41) is 3.31. The van der Waals surface area contributed by atoms with Crippen LogP contribution < -0.4 is 27.7 Å². The molecule has 0 radical (unpaired) electrons. The Hall–Kier alpha value is -2.46. The van der Waals surface area contributed by atoms with Crippen LogP contribution in [0.25, 0.3) is 10.9 Å². The minimum atomic E-state index is 0. The number of rotatable bonds is 1. The Labute approximate surface area is 140 Å². The lowest BCUT2D eigenvalue weighted by molar-refractivity contribution is -0.00000462. The molecule has 3 aromatic rings. The summed E-state index contributed by atoms with van der Waals surface area (Å²) in [6.07, 6.45) is 0. The normalized spacial score (nSPS) is 14.7. The molecule has 0 N–H and O–H groups in total. The van der Waals surface area contributed by atoms with E-state index in [1.54, 1.807) is 0 Å². The SMILES string of the molecule is Cc1c(N=C2N=c3ccccc3=[N+]2C)n(C)c2ccccc12.[Cl-]. The summed E-state index contributed by atoms with van der Waals surface area (Å²) >= 11 is 0. The Kier molecular flexibility index (Phi) is 3.78. The van der Waals surface area contributed by atoms with Gasteiger partial charge in [0, 0.05) is 18.0 Å². The second-order valence-corrected chi connectivity index (χ2v) is 5.60. The molecular weight excluding hydrogens is 308 g/mol. The summed E-state index contributed by atoms with van der Waals surface area (Å²) in [4.78, 5) is 9.47. The number of halogens is 1. The smallest absolute Gasteiger partial charge is 0.435 e. The first-order valence-corrected chi connectivity index (χ1v) is 7.34. The van der Waals surface area contributed by atoms with Crippen molar-refractivity contribution < 1.29 is 12.4 Å². The van der Waals surface area contributed by atoms with E-state index < -0.39 is 0 Å². The van der Waals surface area contributed by atoms with Crippen LogP contribution in [0, 0.1) is 6.92 Å². The molecular formula is C18H17ClN4. The maximum absolute atomic E-state index is 4.83. The van der Waals surface area contributed by atoms with Crippen LogP contribution in [-0.4, -0.2) is 17.6 Å². The highest BCUT2D eigenvalue weighted by Crippen LogP contribution is 2.30. The Morgan fingerprint density at radius 2 is 1.74 bits per heavy atom. The number of benzene rings is 2. The second-order valence-electron chi connectivity index (χ2n) is 5.60. The number of fused-ring (bicyclic) bond motifs is 2. The molecule has 0 spiro atoms. The Balaban J connectivity index is 0.00000156. The van der Waals surface area contributed by atoms with Crippen molar-refractivity contribution in [3.05, 3.63) is 64.8 Å². The largest absolute Gasteiger partial charge is 1.00 e. The number of aliphatic imine (C=N–C) groups is 1. The fraction of sp³-hybridized carbons (Fsp3) is 0.167. The van der Waals surface area contributed by atoms with E-state index >= 15 is 0 Å². The highest BCUT2D eigenvalue weighted by atomic mass is 35.5. The van der Waals surface area contributed by atoms with Gasteiger partial charge in [-0.25, -0.2) is 4.58 Å². The van der Waals surface area contributed by atoms with E-state index in [1.807, 2.05) is 29.8 Å². The first-order chi connectivity index (χ1) is 10.7. The van der Waals surface area contributed by atoms with Crippen LogP contribution in [0.15, 0.2) is 58.5 Å². The van der Waals surface area contributed by atoms with Gasteiger partial charge in [0.2, 0.25) is 5.82 Å². The summed E-state index contributed by atoms with van der Waals surface area (Å²) < 4.78 is 4.16. The van der Waals surface area contributed by atoms with Crippen LogP contribution in [0.4, 0.5) is 5.82 Å². The topological polar surface area (TPSA) is 32.7 Å². The minimum absolute atomic E-state index is 0. The third-order valence-corrected chi connectivity index (χ3v) is 4.29. The van der Waals surface area contributed by atoms with Crippen molar-refractivity contribution in [2.45, 2.75) is 6.92 Å². The van der Waals surface area contributed by atoms with Gasteiger partial charge in [-0.3, -0.25) is 0 Å². The Morgan fingerprint density at radius 3 is 2.48 bits per heavy atom. The van der Waals surface area contributed by atoms with E-state index in [0.717, 1.165) is 22.5 Å². The van der Waals surface area contributed by atoms with Crippen molar-refractivity contribution in [2.75, 3.05) is 7.05 Å². The van der Waals surface area contributed by atoms with Gasteiger partial charge in [0.25, 0.3) is 0 Å². The number of hydrogen-bond donors (Lipinski definition) is 0. The number of guanidine groups is 1. The predicted molar refractivity (Wildman–Crippen MR) is 89.1 cm³/mol. The van der Waals surface area contributed by atoms with Crippen LogP contribution in [-0.2, 0) is 7.05 Å². The average Bonchev–Trinajstić information content (AvgIpc) is 2.99. The lowest BCUT2D eigenvalue weighted by atomic mass is 10.2. The molecule has 0 saturated heterocycles. The zero-order valence-corrected chi connectivity index (χ0v) is 14.0. The molecule has 0 saturated carbocycles. The summed E-state index contributed by atoms with van der Waals surface area (Å²) in [5.41, 5.74) is 2.38. The van der Waals surface area contributed by atoms with Gasteiger partial charge in [0.15, 0.2) is 5.36 Å². The molecule has 5 heteroatoms. The van der Waals surface area contributed by atoms with Crippen molar-refractivity contribution in [1.82, 2.24) is 9.14 Å². The number of aryl methyl sites for hydroxylation is 2. The molecule has 0 fully saturated rings. The van der Waals surface area contributed by atoms with E-state index in [9.17, 15) is 0 Å². The van der Waals surface area contributed by atoms with Gasteiger partial charge in [-0.15, -0.1) is 0 Å². The predicted octanol–water partition coefficient (Wildman–Crippen LogP) is -1.07. The van der Waals surface area contributed by atoms with Gasteiger partial charge in [-0.2, -0.15) is 0 Å². The van der Waals surface area contributed by atoms with E-state index in [2.05, 4.69) is 53.9 Å². The van der Waals surface area contributed by atoms with Crippen LogP contribution in [0.5, 0.6) is 0 Å². The van der Waals surface area contributed by atoms with Gasteiger partial charge in [0.1, 0.15) is 5.36 Å². The fourth-order valence-corrected chi connectivity index (χ4v) is 3.06. The molecule has 0 aliphatic carbocycles. The molecule has 116 valence electrons. The van der Waals surface area contributed by atoms with Crippen molar-refractivity contribution in [2.24, 2.45) is 17.0 Å². The van der Waals surface area contributed by atoms with Gasteiger partial charge in [0.05, 0.1) is 12.6 Å². The molecule has 1 aromatic heterocycles. The Morgan fingerprint density at radius 1 is 1.04 bits per heavy atom. The molecule has 0 bridgehead atoms. The highest BCUT2D eigenvalue weighted by molar-refractivity contribution is 5.92. The molecule has 0 unspecified atom stereocenters. The van der Waals surface area contributed by atoms with E-state index in [4.69, 9.17) is 4.99 Å². The maximum Gasteiger partial charge on any atom is 0.435 e. The maximum atomic E-state index is 4.83. The van der Waals surface area contributed by atoms with E-state index in [1.165, 1.54) is 16.5 Å². The highest BCUT2D eigenvalue weighted by Gasteiger charge is 2.22. The van der Waals surface area contributed by atoms with Crippen molar-refractivity contribution in [3.8, 4) is 0 Å². The van der Waals surface area contributed by atoms with Crippen LogP contribution in [0.3, 0.4) is 0 Å². The number of aromatic nitrogens is 1. The molecule has 23 heavy (non-hydrogen) atoms. The van der Waals surface area contributed by atoms with Crippen LogP contribution >= 0.6 is 0 Å². The number of hydrogen-bond acceptors (Lipinski definition) is 1. The molecule has 2 aromatic carbocycles. The molecule has 1 aliphatic heterocycles. The zero-order valence-electron chi connectivity index (χ0n) is 13.3. The van der Waals surface area contributed by atoms with Crippen molar-refractivity contribution in [3.63, 3.8) is 0 Å². The standard InChI is InChI=1S/C18H17N4.ClH/c1-12-13-8-4-6-10-15(13)21(2)17(12)20-18-19-14-9-5-7-11-16(14)22(18)3;/h4-11H,1-3H3;1H/q+1;/p-1. The number of nitrogens with zero attached hydrogens (tertiary/aromatic N) is 4. The molecule has 4 rings (SSSR count). The third kappa shape index (κ3) is 2.26. The summed E-state index contributed by atoms with van der Waals surface area (Å²) in [6.45, 7) is 2.11. The number of para-hydroxylation sites is 3. The van der Waals surface area contributed by atoms with Crippen LogP contribution in [0.2, 0.25) is 0 Å². The molecule has 1 aliphatic rings. The second kappa shape index (κ2) is 5.63. The van der Waals surface area contributed by atoms with E-state index in [0.29, 0.717) is 0 Å². The summed E-state index contributed by atoms with van der Waals surface area (Å²) in [7, 11) is 4.06. The third-order valence-electron chi connectivity index (χ3n) is 4.29. The average molecular weight is 325 g/mol. The van der Waals surface area contributed by atoms with Gasteiger partial charge in [-0.05, 0) is 30.1 Å². The van der Waals surface area contributed by atoms with Gasteiger partial charge < -0.3 is 17.0 Å². The Bertz CT molecular complexity index is 1020. The summed E-state index contributed by atoms with van der Waals surface area (Å²) in [5.74, 6) is 1.69. The first kappa shape index (κ1) is 15.4. The van der Waals surface area contributed by atoms with Gasteiger partial charge >= 0.3 is 5.96 Å².